The smallest absolute Gasteiger partial charge is 0.269 e. The number of hydrogen-bond acceptors (Lipinski definition) is 3. The van der Waals surface area contributed by atoms with E-state index in [1.807, 2.05) is 6.20 Å². The van der Waals surface area contributed by atoms with Crippen molar-refractivity contribution in [2.45, 2.75) is 45.1 Å². The number of imidazole rings is 1. The summed E-state index contributed by atoms with van der Waals surface area (Å²) in [5, 5.41) is 6.96. The number of carbonyl (C=O) groups is 1. The zero-order valence-electron chi connectivity index (χ0n) is 13.2. The van der Waals surface area contributed by atoms with Crippen molar-refractivity contribution in [3.05, 3.63) is 35.7 Å². The lowest BCUT2D eigenvalue weighted by atomic mass is 10.2. The van der Waals surface area contributed by atoms with Crippen LogP contribution in [0.5, 0.6) is 0 Å². The minimum atomic E-state index is -0.0873. The van der Waals surface area contributed by atoms with Gasteiger partial charge in [0, 0.05) is 44.1 Å². The minimum Gasteiger partial charge on any atom is -0.350 e. The third kappa shape index (κ3) is 2.91. The van der Waals surface area contributed by atoms with E-state index in [4.69, 9.17) is 0 Å². The topological polar surface area (TPSA) is 64.7 Å². The van der Waals surface area contributed by atoms with Gasteiger partial charge in [0.05, 0.1) is 0 Å². The molecule has 0 unspecified atom stereocenters. The Hall–Kier alpha value is -2.11. The maximum atomic E-state index is 12.1. The van der Waals surface area contributed by atoms with Gasteiger partial charge in [-0.15, -0.1) is 0 Å². The van der Waals surface area contributed by atoms with Crippen molar-refractivity contribution in [1.82, 2.24) is 24.6 Å². The molecule has 1 N–H and O–H groups in total. The van der Waals surface area contributed by atoms with Gasteiger partial charge in [-0.1, -0.05) is 12.8 Å². The molecule has 2 aromatic rings. The van der Waals surface area contributed by atoms with Crippen LogP contribution in [0, 0.1) is 6.92 Å². The molecule has 2 aromatic heterocycles. The molecule has 1 amide bonds. The van der Waals surface area contributed by atoms with Gasteiger partial charge in [0.1, 0.15) is 11.5 Å². The second-order valence-corrected chi connectivity index (χ2v) is 5.97. The summed E-state index contributed by atoms with van der Waals surface area (Å²) in [7, 11) is 1.77. The van der Waals surface area contributed by atoms with Gasteiger partial charge >= 0.3 is 0 Å². The molecule has 6 nitrogen and oxygen atoms in total. The highest BCUT2D eigenvalue weighted by Crippen LogP contribution is 2.31. The van der Waals surface area contributed by atoms with Crippen LogP contribution in [0.2, 0.25) is 0 Å². The zero-order valence-corrected chi connectivity index (χ0v) is 13.2. The molecule has 0 aliphatic heterocycles. The van der Waals surface area contributed by atoms with Crippen LogP contribution in [0.4, 0.5) is 0 Å². The van der Waals surface area contributed by atoms with Gasteiger partial charge in [-0.3, -0.25) is 9.48 Å². The molecule has 1 saturated carbocycles. The van der Waals surface area contributed by atoms with Crippen LogP contribution in [-0.4, -0.2) is 31.8 Å². The molecule has 1 aliphatic rings. The monoisotopic (exact) mass is 301 g/mol. The number of aryl methyl sites for hydroxylation is 2. The number of carbonyl (C=O) groups excluding carboxylic acids is 1. The van der Waals surface area contributed by atoms with Crippen molar-refractivity contribution in [1.29, 1.82) is 0 Å². The summed E-state index contributed by atoms with van der Waals surface area (Å²) in [6, 6.07) is 2.31. The molecule has 0 spiro atoms. The summed E-state index contributed by atoms with van der Waals surface area (Å²) >= 11 is 0. The summed E-state index contributed by atoms with van der Waals surface area (Å²) < 4.78 is 3.95. The van der Waals surface area contributed by atoms with E-state index in [0.717, 1.165) is 12.2 Å². The highest BCUT2D eigenvalue weighted by molar-refractivity contribution is 5.92. The van der Waals surface area contributed by atoms with Gasteiger partial charge in [-0.2, -0.15) is 5.10 Å². The fraction of sp³-hybridized carbons (Fsp3) is 0.562. The fourth-order valence-corrected chi connectivity index (χ4v) is 3.32. The van der Waals surface area contributed by atoms with Crippen LogP contribution in [0.1, 0.15) is 53.7 Å². The van der Waals surface area contributed by atoms with Crippen LogP contribution in [0.25, 0.3) is 0 Å². The standard InChI is InChI=1S/C16H23N5O/c1-12-11-18-15(21(12)13-5-3-4-6-13)8-9-17-16(22)14-7-10-19-20(14)2/h7,10-11,13H,3-6,8-9H2,1-2H3,(H,17,22). The van der Waals surface area contributed by atoms with Crippen LogP contribution >= 0.6 is 0 Å². The maximum absolute atomic E-state index is 12.1. The predicted molar refractivity (Wildman–Crippen MR) is 83.7 cm³/mol. The maximum Gasteiger partial charge on any atom is 0.269 e. The molecule has 0 aromatic carbocycles. The summed E-state index contributed by atoms with van der Waals surface area (Å²) in [5.74, 6) is 0.991. The van der Waals surface area contributed by atoms with E-state index in [1.165, 1.54) is 31.4 Å². The number of hydrogen-bond donors (Lipinski definition) is 1. The summed E-state index contributed by atoms with van der Waals surface area (Å²) in [5.41, 5.74) is 1.80. The normalized spacial score (nSPS) is 15.4. The summed E-state index contributed by atoms with van der Waals surface area (Å²) in [6.45, 7) is 2.70. The van der Waals surface area contributed by atoms with E-state index in [2.05, 4.69) is 26.9 Å². The Morgan fingerprint density at radius 2 is 2.18 bits per heavy atom. The number of aromatic nitrogens is 4. The predicted octanol–water partition coefficient (Wildman–Crippen LogP) is 2.01. The van der Waals surface area contributed by atoms with E-state index in [-0.39, 0.29) is 5.91 Å². The Bertz CT molecular complexity index is 651. The van der Waals surface area contributed by atoms with E-state index < -0.39 is 0 Å². The molecule has 1 aliphatic carbocycles. The molecule has 3 rings (SSSR count). The van der Waals surface area contributed by atoms with Crippen LogP contribution in [0.15, 0.2) is 18.5 Å². The van der Waals surface area contributed by atoms with Gasteiger partial charge in [0.25, 0.3) is 5.91 Å². The van der Waals surface area contributed by atoms with E-state index >= 15 is 0 Å². The average molecular weight is 301 g/mol. The van der Waals surface area contributed by atoms with E-state index in [9.17, 15) is 4.79 Å². The lowest BCUT2D eigenvalue weighted by Gasteiger charge is -2.17. The van der Waals surface area contributed by atoms with Crippen molar-refractivity contribution in [3.63, 3.8) is 0 Å². The lowest BCUT2D eigenvalue weighted by Crippen LogP contribution is -2.28. The first-order valence-corrected chi connectivity index (χ1v) is 7.95. The van der Waals surface area contributed by atoms with Gasteiger partial charge in [0.15, 0.2) is 0 Å². The lowest BCUT2D eigenvalue weighted by molar-refractivity contribution is 0.0944. The van der Waals surface area contributed by atoms with Gasteiger partial charge in [-0.05, 0) is 25.8 Å². The molecular weight excluding hydrogens is 278 g/mol. The summed E-state index contributed by atoms with van der Waals surface area (Å²) in [6.07, 6.45) is 9.42. The second kappa shape index (κ2) is 6.34. The van der Waals surface area contributed by atoms with Crippen molar-refractivity contribution in [2.24, 2.45) is 7.05 Å². The second-order valence-electron chi connectivity index (χ2n) is 5.97. The van der Waals surface area contributed by atoms with Gasteiger partial charge in [0.2, 0.25) is 0 Å². The van der Waals surface area contributed by atoms with Crippen molar-refractivity contribution in [3.8, 4) is 0 Å². The van der Waals surface area contributed by atoms with Gasteiger partial charge < -0.3 is 9.88 Å². The highest BCUT2D eigenvalue weighted by Gasteiger charge is 2.21. The largest absolute Gasteiger partial charge is 0.350 e. The molecular formula is C16H23N5O. The molecule has 0 atom stereocenters. The first kappa shape index (κ1) is 14.8. The summed E-state index contributed by atoms with van der Waals surface area (Å²) in [4.78, 5) is 16.6. The van der Waals surface area contributed by atoms with Crippen molar-refractivity contribution < 1.29 is 4.79 Å². The fourth-order valence-electron chi connectivity index (χ4n) is 3.32. The first-order valence-electron chi connectivity index (χ1n) is 7.95. The van der Waals surface area contributed by atoms with Crippen molar-refractivity contribution >= 4 is 5.91 Å². The molecule has 118 valence electrons. The van der Waals surface area contributed by atoms with Crippen LogP contribution in [-0.2, 0) is 13.5 Å². The van der Waals surface area contributed by atoms with Crippen LogP contribution in [0.3, 0.4) is 0 Å². The Kier molecular flexibility index (Phi) is 4.27. The number of nitrogens with zero attached hydrogens (tertiary/aromatic N) is 4. The molecule has 0 bridgehead atoms. The number of nitrogens with one attached hydrogen (secondary N) is 1. The van der Waals surface area contributed by atoms with Crippen molar-refractivity contribution in [2.75, 3.05) is 6.54 Å². The molecule has 2 heterocycles. The molecule has 6 heteroatoms. The number of rotatable bonds is 5. The van der Waals surface area contributed by atoms with E-state index in [1.54, 1.807) is 24.0 Å². The Labute approximate surface area is 130 Å². The highest BCUT2D eigenvalue weighted by atomic mass is 16.2. The Balaban J connectivity index is 1.60. The number of amides is 1. The third-order valence-electron chi connectivity index (χ3n) is 4.44. The van der Waals surface area contributed by atoms with Gasteiger partial charge in [-0.25, -0.2) is 4.98 Å². The van der Waals surface area contributed by atoms with E-state index in [0.29, 0.717) is 18.3 Å². The Morgan fingerprint density at radius 1 is 1.41 bits per heavy atom. The zero-order chi connectivity index (χ0) is 15.5. The Morgan fingerprint density at radius 3 is 2.86 bits per heavy atom. The molecule has 0 saturated heterocycles. The third-order valence-corrected chi connectivity index (χ3v) is 4.44. The molecule has 1 fully saturated rings. The quantitative estimate of drug-likeness (QED) is 0.919. The first-order chi connectivity index (χ1) is 10.7. The SMILES string of the molecule is Cc1cnc(CCNC(=O)c2ccnn2C)n1C1CCCC1. The molecule has 0 radical (unpaired) electrons. The average Bonchev–Trinajstić information content (AvgIpc) is 3.20. The van der Waals surface area contributed by atoms with Crippen LogP contribution < -0.4 is 5.32 Å². The molecule has 22 heavy (non-hydrogen) atoms. The minimum absolute atomic E-state index is 0.0873.